The Hall–Kier alpha value is -2.69. The second kappa shape index (κ2) is 6.39. The highest BCUT2D eigenvalue weighted by atomic mass is 16.5. The Morgan fingerprint density at radius 1 is 0.864 bits per heavy atom. The molecule has 0 aliphatic heterocycles. The first-order valence-electron chi connectivity index (χ1n) is 6.87. The number of benzene rings is 2. The van der Waals surface area contributed by atoms with Gasteiger partial charge in [-0.05, 0) is 29.7 Å². The van der Waals surface area contributed by atoms with Crippen LogP contribution in [0.4, 0.5) is 0 Å². The van der Waals surface area contributed by atoms with Crippen molar-refractivity contribution in [2.75, 3.05) is 14.2 Å². The summed E-state index contributed by atoms with van der Waals surface area (Å²) in [5.41, 5.74) is 1.72. The second-order valence-corrected chi connectivity index (χ2v) is 4.68. The molecule has 0 aliphatic carbocycles. The Balaban J connectivity index is 1.82. The van der Waals surface area contributed by atoms with Gasteiger partial charge in [-0.25, -0.2) is 0 Å². The summed E-state index contributed by atoms with van der Waals surface area (Å²) < 4.78 is 16.3. The van der Waals surface area contributed by atoms with Crippen LogP contribution >= 0.6 is 0 Å². The van der Waals surface area contributed by atoms with Crippen LogP contribution in [0.15, 0.2) is 54.7 Å². The normalized spacial score (nSPS) is 10.3. The monoisotopic (exact) mass is 292 g/mol. The zero-order valence-electron chi connectivity index (χ0n) is 12.4. The van der Waals surface area contributed by atoms with Crippen molar-refractivity contribution in [2.45, 2.75) is 0 Å². The maximum atomic E-state index is 5.79. The van der Waals surface area contributed by atoms with Crippen molar-refractivity contribution in [3.8, 4) is 17.2 Å². The third-order valence-electron chi connectivity index (χ3n) is 3.33. The van der Waals surface area contributed by atoms with Crippen molar-refractivity contribution in [1.29, 1.82) is 0 Å². The topological polar surface area (TPSA) is 40.6 Å². The maximum absolute atomic E-state index is 5.79. The lowest BCUT2D eigenvalue weighted by Crippen LogP contribution is -2.20. The van der Waals surface area contributed by atoms with E-state index in [1.807, 2.05) is 48.5 Å². The number of aromatic nitrogens is 1. The number of pyridine rings is 1. The van der Waals surface area contributed by atoms with E-state index >= 15 is 0 Å². The highest BCUT2D eigenvalue weighted by Crippen LogP contribution is 2.25. The van der Waals surface area contributed by atoms with Gasteiger partial charge in [0.2, 0.25) is 0 Å². The van der Waals surface area contributed by atoms with Crippen molar-refractivity contribution in [1.82, 2.24) is 4.98 Å². The molecule has 22 heavy (non-hydrogen) atoms. The van der Waals surface area contributed by atoms with Gasteiger partial charge in [-0.15, -0.1) is 0 Å². The minimum absolute atomic E-state index is 0.663. The minimum Gasteiger partial charge on any atom is -0.556 e. The van der Waals surface area contributed by atoms with Gasteiger partial charge < -0.3 is 14.1 Å². The number of nitrogens with zero attached hydrogens (tertiary/aromatic N) is 1. The molecule has 3 rings (SSSR count). The maximum Gasteiger partial charge on any atom is 0.409 e. The molecule has 4 nitrogen and oxygen atoms in total. The van der Waals surface area contributed by atoms with Crippen LogP contribution in [0.5, 0.6) is 17.2 Å². The molecule has 1 aromatic heterocycles. The third-order valence-corrected chi connectivity index (χ3v) is 3.33. The number of hydrogen-bond acceptors (Lipinski definition) is 4. The average molecular weight is 292 g/mol. The van der Waals surface area contributed by atoms with E-state index in [-0.39, 0.29) is 0 Å². The highest BCUT2D eigenvalue weighted by Gasteiger charge is 2.09. The van der Waals surface area contributed by atoms with Crippen molar-refractivity contribution in [3.63, 3.8) is 0 Å². The first-order valence-corrected chi connectivity index (χ1v) is 6.87. The summed E-state index contributed by atoms with van der Waals surface area (Å²) in [6.45, 7) is 0. The summed E-state index contributed by atoms with van der Waals surface area (Å²) in [4.78, 5) is 4.36. The quantitative estimate of drug-likeness (QED) is 0.678. The summed E-state index contributed by atoms with van der Waals surface area (Å²) in [7, 11) is 4.89. The molecule has 0 N–H and O–H groups in total. The predicted molar refractivity (Wildman–Crippen MR) is 87.3 cm³/mol. The van der Waals surface area contributed by atoms with Gasteiger partial charge in [-0.2, -0.15) is 0 Å². The van der Waals surface area contributed by atoms with E-state index in [4.69, 9.17) is 14.1 Å². The van der Waals surface area contributed by atoms with Crippen LogP contribution in [0.3, 0.4) is 0 Å². The van der Waals surface area contributed by atoms with E-state index in [9.17, 15) is 0 Å². The van der Waals surface area contributed by atoms with Crippen LogP contribution in [0.2, 0.25) is 0 Å². The number of hydrogen-bond donors (Lipinski definition) is 0. The van der Waals surface area contributed by atoms with E-state index in [1.165, 1.54) is 0 Å². The molecule has 0 aliphatic rings. The first kappa shape index (κ1) is 14.3. The number of methoxy groups -OCH3 is 2. The third kappa shape index (κ3) is 2.84. The first-order chi connectivity index (χ1) is 10.8. The fourth-order valence-electron chi connectivity index (χ4n) is 2.23. The van der Waals surface area contributed by atoms with Crippen molar-refractivity contribution in [2.24, 2.45) is 0 Å². The predicted octanol–water partition coefficient (Wildman–Crippen LogP) is 2.58. The number of ether oxygens (including phenoxy) is 2. The Morgan fingerprint density at radius 3 is 2.50 bits per heavy atom. The summed E-state index contributed by atoms with van der Waals surface area (Å²) in [5, 5.41) is 1.04. The summed E-state index contributed by atoms with van der Waals surface area (Å²) >= 11 is 0. The smallest absolute Gasteiger partial charge is 0.409 e. The summed E-state index contributed by atoms with van der Waals surface area (Å²) in [6, 6.07) is 15.4. The van der Waals surface area contributed by atoms with Crippen LogP contribution in [0.1, 0.15) is 0 Å². The molecule has 1 radical (unpaired) electrons. The molecule has 0 atom stereocenters. The van der Waals surface area contributed by atoms with Crippen molar-refractivity contribution < 1.29 is 14.1 Å². The Bertz CT molecular complexity index is 786. The fourth-order valence-corrected chi connectivity index (χ4v) is 2.23. The largest absolute Gasteiger partial charge is 0.556 e. The molecule has 0 bridgehead atoms. The van der Waals surface area contributed by atoms with E-state index in [0.29, 0.717) is 17.2 Å². The van der Waals surface area contributed by atoms with Crippen LogP contribution in [0.25, 0.3) is 10.9 Å². The molecular formula is C17H15BNO3. The average Bonchev–Trinajstić information content (AvgIpc) is 2.59. The molecule has 0 unspecified atom stereocenters. The van der Waals surface area contributed by atoms with E-state index in [2.05, 4.69) is 4.98 Å². The van der Waals surface area contributed by atoms with Crippen LogP contribution < -0.4 is 19.6 Å². The lowest BCUT2D eigenvalue weighted by Gasteiger charge is -2.10. The molecule has 0 fully saturated rings. The Morgan fingerprint density at radius 2 is 1.68 bits per heavy atom. The van der Waals surface area contributed by atoms with E-state index < -0.39 is 0 Å². The van der Waals surface area contributed by atoms with Crippen molar-refractivity contribution >= 4 is 23.8 Å². The minimum atomic E-state index is 0.663. The van der Waals surface area contributed by atoms with Crippen LogP contribution in [-0.2, 0) is 0 Å². The molecule has 3 aromatic rings. The van der Waals surface area contributed by atoms with Gasteiger partial charge in [-0.1, -0.05) is 24.3 Å². The molecule has 2 aromatic carbocycles. The highest BCUT2D eigenvalue weighted by molar-refractivity contribution is 6.48. The number of fused-ring (bicyclic) bond motifs is 1. The summed E-state index contributed by atoms with van der Waals surface area (Å²) in [6.07, 6.45) is 1.76. The van der Waals surface area contributed by atoms with Gasteiger partial charge in [0, 0.05) is 11.6 Å². The van der Waals surface area contributed by atoms with Gasteiger partial charge in [0.1, 0.15) is 11.3 Å². The molecule has 0 saturated heterocycles. The molecule has 1 heterocycles. The lowest BCUT2D eigenvalue weighted by molar-refractivity contribution is 0.355. The van der Waals surface area contributed by atoms with Gasteiger partial charge in [0.25, 0.3) is 0 Å². The lowest BCUT2D eigenvalue weighted by atomic mass is 9.87. The number of para-hydroxylation sites is 1. The van der Waals surface area contributed by atoms with Crippen LogP contribution in [-0.4, -0.2) is 26.7 Å². The summed E-state index contributed by atoms with van der Waals surface area (Å²) in [5.74, 6) is 2.07. The molecule has 109 valence electrons. The molecule has 5 heteroatoms. The second-order valence-electron chi connectivity index (χ2n) is 4.68. The zero-order chi connectivity index (χ0) is 15.4. The fraction of sp³-hybridized carbons (Fsp3) is 0.118. The molecule has 0 spiro atoms. The van der Waals surface area contributed by atoms with E-state index in [1.54, 1.807) is 27.9 Å². The Labute approximate surface area is 129 Å². The number of rotatable bonds is 5. The van der Waals surface area contributed by atoms with Crippen molar-refractivity contribution in [3.05, 3.63) is 54.7 Å². The van der Waals surface area contributed by atoms with Crippen LogP contribution in [0, 0.1) is 0 Å². The standard InChI is InChI=1S/C17H15BNO3/c1-20-14-9-8-13(11-16(14)21-2)18-22-15-7-3-5-12-6-4-10-19-17(12)15/h3-11H,1-2H3. The Kier molecular flexibility index (Phi) is 4.14. The molecular weight excluding hydrogens is 277 g/mol. The molecule has 0 saturated carbocycles. The van der Waals surface area contributed by atoms with Gasteiger partial charge >= 0.3 is 7.48 Å². The zero-order valence-corrected chi connectivity index (χ0v) is 12.4. The van der Waals surface area contributed by atoms with Gasteiger partial charge in [0.05, 0.1) is 14.2 Å². The molecule has 0 amide bonds. The van der Waals surface area contributed by atoms with E-state index in [0.717, 1.165) is 16.4 Å². The SMILES string of the molecule is COc1ccc([B]Oc2cccc3cccnc23)cc1OC. The van der Waals surface area contributed by atoms with Gasteiger partial charge in [-0.3, -0.25) is 4.98 Å². The van der Waals surface area contributed by atoms with Gasteiger partial charge in [0.15, 0.2) is 11.5 Å².